The Morgan fingerprint density at radius 1 is 1.25 bits per heavy atom. The lowest BCUT2D eigenvalue weighted by Crippen LogP contribution is -2.59. The predicted molar refractivity (Wildman–Crippen MR) is 84.9 cm³/mol. The van der Waals surface area contributed by atoms with Crippen LogP contribution in [0.3, 0.4) is 0 Å². The molecular formula is C17H22F2N2O3. The number of morpholine rings is 1. The van der Waals surface area contributed by atoms with Gasteiger partial charge in [-0.15, -0.1) is 0 Å². The lowest BCUT2D eigenvalue weighted by molar-refractivity contribution is -0.212. The number of ether oxygens (including phenoxy) is 1. The van der Waals surface area contributed by atoms with Crippen LogP contribution in [-0.2, 0) is 16.1 Å². The summed E-state index contributed by atoms with van der Waals surface area (Å²) in [7, 11) is 0. The molecule has 1 aliphatic carbocycles. The summed E-state index contributed by atoms with van der Waals surface area (Å²) in [6, 6.07) is 6.83. The highest BCUT2D eigenvalue weighted by atomic mass is 19.3. The average Bonchev–Trinajstić information content (AvgIpc) is 2.55. The average molecular weight is 340 g/mol. The second kappa shape index (κ2) is 6.74. The number of carbonyl (C=O) groups is 1. The van der Waals surface area contributed by atoms with Gasteiger partial charge >= 0.3 is 5.92 Å². The number of hydrogen-bond acceptors (Lipinski definition) is 4. The number of anilines is 1. The Kier molecular flexibility index (Phi) is 4.85. The highest BCUT2D eigenvalue weighted by molar-refractivity contribution is 5.97. The van der Waals surface area contributed by atoms with Gasteiger partial charge in [0, 0.05) is 25.3 Å². The van der Waals surface area contributed by atoms with Crippen LogP contribution in [0.4, 0.5) is 14.5 Å². The highest BCUT2D eigenvalue weighted by Crippen LogP contribution is 2.44. The lowest BCUT2D eigenvalue weighted by atomic mass is 9.75. The second-order valence-electron chi connectivity index (χ2n) is 6.50. The minimum atomic E-state index is -3.78. The molecule has 0 aromatic heterocycles. The van der Waals surface area contributed by atoms with Crippen molar-refractivity contribution in [1.29, 1.82) is 0 Å². The van der Waals surface area contributed by atoms with Crippen molar-refractivity contribution in [2.24, 2.45) is 0 Å². The molecule has 1 aromatic carbocycles. The van der Waals surface area contributed by atoms with Crippen LogP contribution in [0.1, 0.15) is 24.8 Å². The van der Waals surface area contributed by atoms with Crippen molar-refractivity contribution in [2.75, 3.05) is 31.6 Å². The van der Waals surface area contributed by atoms with E-state index in [1.807, 2.05) is 0 Å². The molecule has 1 saturated heterocycles. The first-order valence-electron chi connectivity index (χ1n) is 8.21. The fraction of sp³-hybridized carbons (Fsp3) is 0.588. The van der Waals surface area contributed by atoms with E-state index in [0.29, 0.717) is 25.3 Å². The molecule has 5 nitrogen and oxygen atoms in total. The molecule has 1 aliphatic heterocycles. The van der Waals surface area contributed by atoms with Gasteiger partial charge in [0.2, 0.25) is 0 Å². The van der Waals surface area contributed by atoms with Gasteiger partial charge in [-0.1, -0.05) is 12.1 Å². The number of hydrogen-bond donors (Lipinski definition) is 2. The second-order valence-corrected chi connectivity index (χ2v) is 6.50. The zero-order valence-electron chi connectivity index (χ0n) is 13.4. The van der Waals surface area contributed by atoms with E-state index in [1.165, 1.54) is 0 Å². The molecular weight excluding hydrogens is 318 g/mol. The Morgan fingerprint density at radius 3 is 2.42 bits per heavy atom. The summed E-state index contributed by atoms with van der Waals surface area (Å²) in [6.07, 6.45) is 0.410. The SMILES string of the molecule is O=C(Nc1ccc(CN2CCOCC2)cc1)C(F)(F)C1(O)CCC1. The maximum Gasteiger partial charge on any atom is 0.352 e. The summed E-state index contributed by atoms with van der Waals surface area (Å²) < 4.78 is 33.4. The van der Waals surface area contributed by atoms with Crippen molar-refractivity contribution in [3.8, 4) is 0 Å². The normalized spacial score (nSPS) is 21.1. The number of carbonyl (C=O) groups excluding carboxylic acids is 1. The first-order chi connectivity index (χ1) is 11.4. The van der Waals surface area contributed by atoms with Crippen LogP contribution < -0.4 is 5.32 Å². The maximum atomic E-state index is 14.0. The molecule has 132 valence electrons. The van der Waals surface area contributed by atoms with Gasteiger partial charge in [-0.2, -0.15) is 8.78 Å². The summed E-state index contributed by atoms with van der Waals surface area (Å²) in [6.45, 7) is 3.92. The maximum absolute atomic E-state index is 14.0. The molecule has 0 unspecified atom stereocenters. The highest BCUT2D eigenvalue weighted by Gasteiger charge is 2.61. The number of amides is 1. The van der Waals surface area contributed by atoms with Gasteiger partial charge in [0.05, 0.1) is 13.2 Å². The third-order valence-electron chi connectivity index (χ3n) is 4.77. The first-order valence-corrected chi connectivity index (χ1v) is 8.21. The van der Waals surface area contributed by atoms with Crippen molar-refractivity contribution in [1.82, 2.24) is 4.90 Å². The largest absolute Gasteiger partial charge is 0.383 e. The molecule has 0 atom stereocenters. The Hall–Kier alpha value is -1.57. The fourth-order valence-electron chi connectivity index (χ4n) is 2.96. The zero-order chi connectivity index (χ0) is 17.2. The van der Waals surface area contributed by atoms with Crippen LogP contribution in [0, 0.1) is 0 Å². The Bertz CT molecular complexity index is 582. The minimum absolute atomic E-state index is 0.0497. The Morgan fingerprint density at radius 2 is 1.88 bits per heavy atom. The van der Waals surface area contributed by atoms with Crippen LogP contribution in [-0.4, -0.2) is 53.7 Å². The van der Waals surface area contributed by atoms with E-state index in [4.69, 9.17) is 4.74 Å². The van der Waals surface area contributed by atoms with E-state index in [9.17, 15) is 18.7 Å². The number of aliphatic hydroxyl groups is 1. The quantitative estimate of drug-likeness (QED) is 0.861. The van der Waals surface area contributed by atoms with Gasteiger partial charge in [0.15, 0.2) is 0 Å². The van der Waals surface area contributed by atoms with Gasteiger partial charge in [0.1, 0.15) is 5.60 Å². The standard InChI is InChI=1S/C17H22F2N2O3/c18-17(19,16(23)6-1-7-16)15(22)20-14-4-2-13(3-5-14)12-21-8-10-24-11-9-21/h2-5,23H,1,6-12H2,(H,20,22). The van der Waals surface area contributed by atoms with E-state index in [1.54, 1.807) is 24.3 Å². The van der Waals surface area contributed by atoms with Gasteiger partial charge in [-0.05, 0) is 37.0 Å². The number of benzene rings is 1. The molecule has 0 spiro atoms. The third kappa shape index (κ3) is 3.43. The van der Waals surface area contributed by atoms with Crippen LogP contribution in [0.15, 0.2) is 24.3 Å². The smallest absolute Gasteiger partial charge is 0.352 e. The molecule has 24 heavy (non-hydrogen) atoms. The van der Waals surface area contributed by atoms with E-state index < -0.39 is 17.4 Å². The minimum Gasteiger partial charge on any atom is -0.383 e. The van der Waals surface area contributed by atoms with Gasteiger partial charge in [0.25, 0.3) is 5.91 Å². The van der Waals surface area contributed by atoms with E-state index in [2.05, 4.69) is 10.2 Å². The predicted octanol–water partition coefficient (Wildman–Crippen LogP) is 2.01. The molecule has 1 aromatic rings. The molecule has 7 heteroatoms. The summed E-state index contributed by atoms with van der Waals surface area (Å²) in [5.41, 5.74) is -0.861. The van der Waals surface area contributed by atoms with Gasteiger partial charge < -0.3 is 15.2 Å². The first kappa shape index (κ1) is 17.3. The summed E-state index contributed by atoms with van der Waals surface area (Å²) >= 11 is 0. The molecule has 0 bridgehead atoms. The lowest BCUT2D eigenvalue weighted by Gasteiger charge is -2.41. The third-order valence-corrected chi connectivity index (χ3v) is 4.77. The van der Waals surface area contributed by atoms with Gasteiger partial charge in [-0.3, -0.25) is 9.69 Å². The van der Waals surface area contributed by atoms with Crippen molar-refractivity contribution in [3.63, 3.8) is 0 Å². The summed E-state index contributed by atoms with van der Waals surface area (Å²) in [5.74, 6) is -5.23. The van der Waals surface area contributed by atoms with E-state index in [0.717, 1.165) is 25.2 Å². The molecule has 3 rings (SSSR count). The topological polar surface area (TPSA) is 61.8 Å². The Balaban J connectivity index is 1.58. The number of rotatable bonds is 5. The molecule has 2 fully saturated rings. The van der Waals surface area contributed by atoms with E-state index in [-0.39, 0.29) is 12.8 Å². The molecule has 2 aliphatic rings. The molecule has 0 radical (unpaired) electrons. The van der Waals surface area contributed by atoms with E-state index >= 15 is 0 Å². The fourth-order valence-corrected chi connectivity index (χ4v) is 2.96. The van der Waals surface area contributed by atoms with Crippen LogP contribution >= 0.6 is 0 Å². The summed E-state index contributed by atoms with van der Waals surface area (Å²) in [5, 5.41) is 12.0. The number of alkyl halides is 2. The van der Waals surface area contributed by atoms with Crippen molar-refractivity contribution in [2.45, 2.75) is 37.3 Å². The molecule has 1 amide bonds. The molecule has 2 N–H and O–H groups in total. The number of nitrogens with zero attached hydrogens (tertiary/aromatic N) is 1. The monoisotopic (exact) mass is 340 g/mol. The van der Waals surface area contributed by atoms with Crippen molar-refractivity contribution in [3.05, 3.63) is 29.8 Å². The molecule has 1 heterocycles. The van der Waals surface area contributed by atoms with Crippen molar-refractivity contribution >= 4 is 11.6 Å². The van der Waals surface area contributed by atoms with Gasteiger partial charge in [-0.25, -0.2) is 0 Å². The molecule has 1 saturated carbocycles. The number of nitrogens with one attached hydrogen (secondary N) is 1. The summed E-state index contributed by atoms with van der Waals surface area (Å²) in [4.78, 5) is 14.1. The van der Waals surface area contributed by atoms with Crippen LogP contribution in [0.2, 0.25) is 0 Å². The van der Waals surface area contributed by atoms with Crippen LogP contribution in [0.25, 0.3) is 0 Å². The zero-order valence-corrected chi connectivity index (χ0v) is 13.4. The van der Waals surface area contributed by atoms with Crippen molar-refractivity contribution < 1.29 is 23.4 Å². The van der Waals surface area contributed by atoms with Crippen LogP contribution in [0.5, 0.6) is 0 Å². The Labute approximate surface area is 139 Å². The number of halogens is 2.